The molecule has 0 saturated carbocycles. The number of hydrogen-bond donors (Lipinski definition) is 2. The van der Waals surface area contributed by atoms with Gasteiger partial charge in [0.1, 0.15) is 0 Å². The first kappa shape index (κ1) is 27.1. The number of nitrogens with zero attached hydrogens (tertiary/aromatic N) is 3. The number of fused-ring (bicyclic) bond motifs is 2. The molecular weight excluding hydrogens is 458 g/mol. The Hall–Kier alpha value is -3.46. The summed E-state index contributed by atoms with van der Waals surface area (Å²) in [6, 6.07) is 6.17. The molecule has 0 bridgehead atoms. The van der Waals surface area contributed by atoms with Crippen molar-refractivity contribution in [3.63, 3.8) is 0 Å². The first-order chi connectivity index (χ1) is 17.1. The Bertz CT molecular complexity index is 1350. The Morgan fingerprint density at radius 1 is 1.19 bits per heavy atom. The number of carbonyl (C=O) groups is 2. The Morgan fingerprint density at radius 3 is 2.36 bits per heavy atom. The lowest BCUT2D eigenvalue weighted by Gasteiger charge is -2.23. The monoisotopic (exact) mass is 493 g/mol. The van der Waals surface area contributed by atoms with Crippen LogP contribution in [0.1, 0.15) is 59.2 Å². The third-order valence-corrected chi connectivity index (χ3v) is 6.99. The number of allylic oxidation sites excluding steroid dienone is 2. The van der Waals surface area contributed by atoms with E-state index < -0.39 is 7.26 Å². The molecule has 0 saturated heterocycles. The molecule has 0 atom stereocenters. The highest BCUT2D eigenvalue weighted by atomic mass is 19.1. The largest absolute Gasteiger partial charge is 0.846 e. The zero-order valence-electron chi connectivity index (χ0n) is 22.6. The normalized spacial score (nSPS) is 14.5. The number of aliphatic hydroxyl groups is 1. The highest BCUT2D eigenvalue weighted by molar-refractivity contribution is 6.44. The fourth-order valence-corrected chi connectivity index (χ4v) is 5.46. The van der Waals surface area contributed by atoms with Crippen LogP contribution in [0.5, 0.6) is 0 Å². The van der Waals surface area contributed by atoms with Gasteiger partial charge in [-0.3, -0.25) is 14.1 Å². The van der Waals surface area contributed by atoms with Crippen LogP contribution < -0.4 is 10.2 Å². The average Bonchev–Trinajstić information content (AvgIpc) is 3.25. The smallest absolute Gasteiger partial charge is 0.400 e. The van der Waals surface area contributed by atoms with E-state index in [1.54, 1.807) is 22.8 Å². The number of halogens is 1. The molecule has 0 radical (unpaired) electrons. The van der Waals surface area contributed by atoms with Crippen molar-refractivity contribution in [3.05, 3.63) is 68.7 Å². The van der Waals surface area contributed by atoms with Gasteiger partial charge in [0.25, 0.3) is 5.91 Å². The van der Waals surface area contributed by atoms with Crippen molar-refractivity contribution < 1.29 is 23.5 Å². The zero-order valence-corrected chi connectivity index (χ0v) is 22.6. The molecule has 0 spiro atoms. The maximum absolute atomic E-state index is 16.3. The maximum atomic E-state index is 16.3. The molecule has 36 heavy (non-hydrogen) atoms. The van der Waals surface area contributed by atoms with Crippen LogP contribution in [0.3, 0.4) is 0 Å². The number of hydrogen-bond acceptors (Lipinski definition) is 4. The summed E-state index contributed by atoms with van der Waals surface area (Å²) in [6.45, 7) is 11.7. The van der Waals surface area contributed by atoms with Gasteiger partial charge in [-0.1, -0.05) is 6.07 Å². The van der Waals surface area contributed by atoms with E-state index >= 15 is 4.32 Å². The predicted octanol–water partition coefficient (Wildman–Crippen LogP) is 3.42. The summed E-state index contributed by atoms with van der Waals surface area (Å²) in [6.07, 6.45) is 0.801. The molecule has 0 fully saturated rings. The molecule has 1 amide bonds. The van der Waals surface area contributed by atoms with Gasteiger partial charge in [0, 0.05) is 51.6 Å². The van der Waals surface area contributed by atoms with Gasteiger partial charge >= 0.3 is 7.26 Å². The van der Waals surface area contributed by atoms with Crippen LogP contribution in [0.4, 0.5) is 10.0 Å². The summed E-state index contributed by atoms with van der Waals surface area (Å²) in [5, 5.41) is 9.86. The van der Waals surface area contributed by atoms with E-state index in [2.05, 4.69) is 22.3 Å². The average molecular weight is 493 g/mol. The SMILES string of the molecule is CCNC(=O)c1c(C)c2n(c1C)B(F)[N+]1=C(C)C(C=O)=C(C)C1=C2c1ccc(N(C)C)c(C)c1.CO. The standard InChI is InChI=1S/C26H30BFN4O2.CH4O/c1-9-29-26(34)22-16(4)25-23(19-10-11-21(30(7)8)14(2)12-19)24-15(3)20(13-33)17(5)31(24)27(28)32(25)18(22)6;1-2/h10-13H,9H2,1-8H3;2H,1H3/p+1. The Labute approximate surface area is 212 Å². The first-order valence-corrected chi connectivity index (χ1v) is 12.0. The van der Waals surface area contributed by atoms with E-state index in [0.717, 1.165) is 46.9 Å². The first-order valence-electron chi connectivity index (χ1n) is 12.0. The van der Waals surface area contributed by atoms with E-state index in [1.807, 2.05) is 47.9 Å². The second kappa shape index (κ2) is 10.3. The number of nitrogens with one attached hydrogen (secondary N) is 1. The fraction of sp³-hybridized carbons (Fsp3) is 0.370. The number of aliphatic hydroxyl groups excluding tert-OH is 1. The van der Waals surface area contributed by atoms with Gasteiger partial charge in [0.2, 0.25) is 0 Å². The van der Waals surface area contributed by atoms with Crippen molar-refractivity contribution in [2.75, 3.05) is 32.6 Å². The minimum absolute atomic E-state index is 0.211. The van der Waals surface area contributed by atoms with Crippen LogP contribution in [0, 0.1) is 20.8 Å². The van der Waals surface area contributed by atoms with Gasteiger partial charge in [-0.2, -0.15) is 0 Å². The number of aryl methyl sites for hydroxylation is 1. The molecule has 2 aliphatic heterocycles. The van der Waals surface area contributed by atoms with Crippen molar-refractivity contribution in [2.45, 2.75) is 41.5 Å². The molecule has 4 rings (SSSR count). The minimum Gasteiger partial charge on any atom is -0.400 e. The third-order valence-electron chi connectivity index (χ3n) is 6.99. The summed E-state index contributed by atoms with van der Waals surface area (Å²) >= 11 is 0. The van der Waals surface area contributed by atoms with Crippen molar-refractivity contribution in [3.8, 4) is 0 Å². The summed E-state index contributed by atoms with van der Waals surface area (Å²) < 4.78 is 19.4. The number of benzene rings is 1. The molecule has 2 aliphatic rings. The van der Waals surface area contributed by atoms with Crippen LogP contribution >= 0.6 is 0 Å². The number of rotatable bonds is 5. The molecule has 2 N–H and O–H groups in total. The molecule has 0 unspecified atom stereocenters. The van der Waals surface area contributed by atoms with Crippen molar-refractivity contribution in [1.29, 1.82) is 0 Å². The van der Waals surface area contributed by atoms with E-state index in [1.165, 1.54) is 0 Å². The van der Waals surface area contributed by atoms with Crippen LogP contribution in [0.2, 0.25) is 0 Å². The number of carbonyl (C=O) groups excluding carboxylic acids is 2. The zero-order chi connectivity index (χ0) is 27.1. The van der Waals surface area contributed by atoms with Crippen LogP contribution in [0.15, 0.2) is 35.0 Å². The topological polar surface area (TPSA) is 77.6 Å². The van der Waals surface area contributed by atoms with E-state index in [9.17, 15) is 9.59 Å². The number of aldehydes is 1. The van der Waals surface area contributed by atoms with Gasteiger partial charge in [-0.05, 0) is 63.4 Å². The number of anilines is 1. The van der Waals surface area contributed by atoms with Crippen molar-refractivity contribution in [2.24, 2.45) is 0 Å². The molecule has 0 aliphatic carbocycles. The quantitative estimate of drug-likeness (QED) is 0.495. The molecule has 9 heteroatoms. The lowest BCUT2D eigenvalue weighted by molar-refractivity contribution is -0.337. The summed E-state index contributed by atoms with van der Waals surface area (Å²) in [4.78, 5) is 26.9. The molecule has 1 aromatic carbocycles. The van der Waals surface area contributed by atoms with E-state index in [4.69, 9.17) is 5.11 Å². The summed E-state index contributed by atoms with van der Waals surface area (Å²) in [5.41, 5.74) is 8.87. The second-order valence-electron chi connectivity index (χ2n) is 9.21. The van der Waals surface area contributed by atoms with Crippen molar-refractivity contribution >= 4 is 36.4 Å². The number of aromatic nitrogens is 1. The Kier molecular flexibility index (Phi) is 7.74. The van der Waals surface area contributed by atoms with Gasteiger partial charge in [-0.15, -0.1) is 0 Å². The molecule has 1 aromatic heterocycles. The lowest BCUT2D eigenvalue weighted by Crippen LogP contribution is -2.41. The highest BCUT2D eigenvalue weighted by Crippen LogP contribution is 2.43. The third kappa shape index (κ3) is 3.91. The summed E-state index contributed by atoms with van der Waals surface area (Å²) in [7, 11) is 3.43. The second-order valence-corrected chi connectivity index (χ2v) is 9.21. The maximum Gasteiger partial charge on any atom is 0.846 e. The molecular formula is C27H35BFN4O3+. The van der Waals surface area contributed by atoms with Crippen LogP contribution in [-0.2, 0) is 4.79 Å². The molecule has 2 aromatic rings. The van der Waals surface area contributed by atoms with Gasteiger partial charge < -0.3 is 15.3 Å². The van der Waals surface area contributed by atoms with Crippen LogP contribution in [0.25, 0.3) is 5.57 Å². The predicted molar refractivity (Wildman–Crippen MR) is 144 cm³/mol. The lowest BCUT2D eigenvalue weighted by atomic mass is 9.86. The highest BCUT2D eigenvalue weighted by Gasteiger charge is 2.54. The molecule has 3 heterocycles. The van der Waals surface area contributed by atoms with Gasteiger partial charge in [0.05, 0.1) is 22.4 Å². The number of amides is 1. The molecule has 7 nitrogen and oxygen atoms in total. The summed E-state index contributed by atoms with van der Waals surface area (Å²) in [5.74, 6) is -0.211. The molecule has 190 valence electrons. The van der Waals surface area contributed by atoms with Gasteiger partial charge in [-0.25, -0.2) is 8.80 Å². The van der Waals surface area contributed by atoms with Crippen LogP contribution in [-0.4, -0.2) is 67.0 Å². The van der Waals surface area contributed by atoms with Gasteiger partial charge in [0.15, 0.2) is 17.7 Å². The van der Waals surface area contributed by atoms with E-state index in [0.29, 0.717) is 40.5 Å². The fourth-order valence-electron chi connectivity index (χ4n) is 5.46. The van der Waals surface area contributed by atoms with Crippen molar-refractivity contribution in [1.82, 2.24) is 9.79 Å². The Balaban J connectivity index is 0.00000176. The minimum atomic E-state index is -1.56. The Morgan fingerprint density at radius 2 is 1.83 bits per heavy atom. The van der Waals surface area contributed by atoms with E-state index in [-0.39, 0.29) is 5.91 Å².